The summed E-state index contributed by atoms with van der Waals surface area (Å²) in [6.45, 7) is 4.42. The Morgan fingerprint density at radius 3 is 2.40 bits per heavy atom. The summed E-state index contributed by atoms with van der Waals surface area (Å²) < 4.78 is 0. The highest BCUT2D eigenvalue weighted by Crippen LogP contribution is 2.34. The van der Waals surface area contributed by atoms with Gasteiger partial charge in [-0.05, 0) is 44.7 Å². The summed E-state index contributed by atoms with van der Waals surface area (Å²) >= 11 is 1.93. The SMILES string of the molecule is Cc1ccc(SC2CCN(C(=O)[C@@H]3CC(=O)N(C4CC4)C3)CC2)cc1. The van der Waals surface area contributed by atoms with Crippen molar-refractivity contribution in [2.24, 2.45) is 5.92 Å². The number of likely N-dealkylation sites (tertiary alicyclic amines) is 2. The number of rotatable bonds is 4. The Morgan fingerprint density at radius 2 is 1.76 bits per heavy atom. The van der Waals surface area contributed by atoms with Gasteiger partial charge in [0, 0.05) is 42.2 Å². The maximum absolute atomic E-state index is 12.8. The first-order chi connectivity index (χ1) is 12.1. The Labute approximate surface area is 153 Å². The van der Waals surface area contributed by atoms with Crippen molar-refractivity contribution in [3.8, 4) is 0 Å². The van der Waals surface area contributed by atoms with E-state index in [2.05, 4.69) is 31.2 Å². The van der Waals surface area contributed by atoms with Gasteiger partial charge in [0.1, 0.15) is 0 Å². The number of piperidine rings is 1. The predicted molar refractivity (Wildman–Crippen MR) is 99.5 cm³/mol. The second-order valence-electron chi connectivity index (χ2n) is 7.63. The maximum atomic E-state index is 12.8. The number of benzene rings is 1. The molecule has 5 heteroatoms. The van der Waals surface area contributed by atoms with Crippen molar-refractivity contribution in [3.63, 3.8) is 0 Å². The van der Waals surface area contributed by atoms with E-state index in [0.29, 0.717) is 24.3 Å². The van der Waals surface area contributed by atoms with Crippen LogP contribution >= 0.6 is 11.8 Å². The topological polar surface area (TPSA) is 40.6 Å². The van der Waals surface area contributed by atoms with Gasteiger partial charge in [0.15, 0.2) is 0 Å². The molecule has 2 aliphatic heterocycles. The summed E-state index contributed by atoms with van der Waals surface area (Å²) in [6, 6.07) is 9.12. The van der Waals surface area contributed by atoms with E-state index in [4.69, 9.17) is 0 Å². The largest absolute Gasteiger partial charge is 0.342 e. The van der Waals surface area contributed by atoms with Crippen LogP contribution in [0.4, 0.5) is 0 Å². The summed E-state index contributed by atoms with van der Waals surface area (Å²) in [6.07, 6.45) is 4.74. The lowest BCUT2D eigenvalue weighted by Crippen LogP contribution is -2.43. The van der Waals surface area contributed by atoms with E-state index in [1.54, 1.807) is 0 Å². The van der Waals surface area contributed by atoms with Crippen LogP contribution in [0.25, 0.3) is 0 Å². The lowest BCUT2D eigenvalue weighted by atomic mass is 10.0. The van der Waals surface area contributed by atoms with Crippen LogP contribution in [-0.2, 0) is 9.59 Å². The Morgan fingerprint density at radius 1 is 1.08 bits per heavy atom. The van der Waals surface area contributed by atoms with Gasteiger partial charge in [0.2, 0.25) is 11.8 Å². The second-order valence-corrected chi connectivity index (χ2v) is 9.01. The van der Waals surface area contributed by atoms with Gasteiger partial charge in [-0.1, -0.05) is 17.7 Å². The lowest BCUT2D eigenvalue weighted by molar-refractivity contribution is -0.136. The smallest absolute Gasteiger partial charge is 0.227 e. The molecule has 1 atom stereocenters. The molecular weight excluding hydrogens is 332 g/mol. The predicted octanol–water partition coefficient (Wildman–Crippen LogP) is 3.09. The Balaban J connectivity index is 1.27. The zero-order valence-corrected chi connectivity index (χ0v) is 15.6. The van der Waals surface area contributed by atoms with E-state index in [9.17, 15) is 9.59 Å². The summed E-state index contributed by atoms with van der Waals surface area (Å²) in [7, 11) is 0. The zero-order valence-electron chi connectivity index (χ0n) is 14.8. The Bertz CT molecular complexity index is 648. The number of aryl methyl sites for hydroxylation is 1. The van der Waals surface area contributed by atoms with Gasteiger partial charge < -0.3 is 9.80 Å². The van der Waals surface area contributed by atoms with E-state index in [1.807, 2.05) is 21.6 Å². The standard InChI is InChI=1S/C20H26N2O2S/c1-14-2-6-17(7-3-14)25-18-8-10-21(11-9-18)20(24)15-12-19(23)22(13-15)16-4-5-16/h2-3,6-7,15-16,18H,4-5,8-13H2,1H3/t15-/m1/s1. The lowest BCUT2D eigenvalue weighted by Gasteiger charge is -2.33. The van der Waals surface area contributed by atoms with Gasteiger partial charge in [-0.3, -0.25) is 9.59 Å². The minimum Gasteiger partial charge on any atom is -0.342 e. The van der Waals surface area contributed by atoms with Crippen LogP contribution in [0.3, 0.4) is 0 Å². The molecule has 1 aromatic rings. The molecule has 0 bridgehead atoms. The monoisotopic (exact) mass is 358 g/mol. The molecule has 0 spiro atoms. The van der Waals surface area contributed by atoms with Crippen molar-refractivity contribution in [1.29, 1.82) is 0 Å². The molecule has 4 nitrogen and oxygen atoms in total. The van der Waals surface area contributed by atoms with Crippen molar-refractivity contribution >= 4 is 23.6 Å². The summed E-state index contributed by atoms with van der Waals surface area (Å²) in [4.78, 5) is 30.1. The van der Waals surface area contributed by atoms with Crippen LogP contribution in [-0.4, -0.2) is 52.5 Å². The number of thioether (sulfide) groups is 1. The van der Waals surface area contributed by atoms with Crippen molar-refractivity contribution in [2.75, 3.05) is 19.6 Å². The molecular formula is C20H26N2O2S. The van der Waals surface area contributed by atoms with Crippen molar-refractivity contribution < 1.29 is 9.59 Å². The molecule has 0 aromatic heterocycles. The molecule has 3 fully saturated rings. The number of hydrogen-bond acceptors (Lipinski definition) is 3. The van der Waals surface area contributed by atoms with E-state index in [-0.39, 0.29) is 17.7 Å². The summed E-state index contributed by atoms with van der Waals surface area (Å²) in [5.74, 6) is 0.287. The molecule has 1 aliphatic carbocycles. The first-order valence-electron chi connectivity index (χ1n) is 9.42. The molecule has 4 rings (SSSR count). The zero-order chi connectivity index (χ0) is 17.4. The van der Waals surface area contributed by atoms with Crippen LogP contribution in [0.15, 0.2) is 29.2 Å². The minimum absolute atomic E-state index is 0.102. The van der Waals surface area contributed by atoms with Crippen molar-refractivity contribution in [2.45, 2.75) is 55.2 Å². The van der Waals surface area contributed by atoms with Crippen LogP contribution in [0, 0.1) is 12.8 Å². The number of amides is 2. The summed E-state index contributed by atoms with van der Waals surface area (Å²) in [5.41, 5.74) is 1.29. The van der Waals surface area contributed by atoms with Gasteiger partial charge in [-0.2, -0.15) is 0 Å². The Hall–Kier alpha value is -1.49. The van der Waals surface area contributed by atoms with Gasteiger partial charge in [-0.25, -0.2) is 0 Å². The van der Waals surface area contributed by atoms with Gasteiger partial charge in [-0.15, -0.1) is 11.8 Å². The maximum Gasteiger partial charge on any atom is 0.227 e. The molecule has 2 heterocycles. The Kier molecular flexibility index (Phi) is 4.76. The first-order valence-corrected chi connectivity index (χ1v) is 10.3. The molecule has 134 valence electrons. The molecule has 3 aliphatic rings. The third-order valence-corrected chi connectivity index (χ3v) is 6.92. The fraction of sp³-hybridized carbons (Fsp3) is 0.600. The molecule has 25 heavy (non-hydrogen) atoms. The highest BCUT2D eigenvalue weighted by molar-refractivity contribution is 8.00. The molecule has 0 N–H and O–H groups in total. The third-order valence-electron chi connectivity index (χ3n) is 5.57. The first kappa shape index (κ1) is 17.0. The third kappa shape index (κ3) is 3.86. The molecule has 1 aromatic carbocycles. The van der Waals surface area contributed by atoms with Crippen molar-refractivity contribution in [3.05, 3.63) is 29.8 Å². The highest BCUT2D eigenvalue weighted by atomic mass is 32.2. The fourth-order valence-electron chi connectivity index (χ4n) is 3.90. The van der Waals surface area contributed by atoms with Crippen LogP contribution < -0.4 is 0 Å². The number of carbonyl (C=O) groups excluding carboxylic acids is 2. The average Bonchev–Trinajstić information content (AvgIpc) is 3.39. The van der Waals surface area contributed by atoms with E-state index >= 15 is 0 Å². The fourth-order valence-corrected chi connectivity index (χ4v) is 5.02. The molecule has 0 radical (unpaired) electrons. The van der Waals surface area contributed by atoms with E-state index in [1.165, 1.54) is 10.5 Å². The number of carbonyl (C=O) groups is 2. The van der Waals surface area contributed by atoms with Crippen LogP contribution in [0.1, 0.15) is 37.7 Å². The summed E-state index contributed by atoms with van der Waals surface area (Å²) in [5, 5.41) is 0.583. The second kappa shape index (κ2) is 7.02. The van der Waals surface area contributed by atoms with E-state index < -0.39 is 0 Å². The van der Waals surface area contributed by atoms with E-state index in [0.717, 1.165) is 38.8 Å². The molecule has 0 unspecified atom stereocenters. The van der Waals surface area contributed by atoms with Crippen LogP contribution in [0.5, 0.6) is 0 Å². The quantitative estimate of drug-likeness (QED) is 0.830. The van der Waals surface area contributed by atoms with Gasteiger partial charge in [0.05, 0.1) is 5.92 Å². The van der Waals surface area contributed by atoms with Crippen LogP contribution in [0.2, 0.25) is 0 Å². The molecule has 2 amide bonds. The number of nitrogens with zero attached hydrogens (tertiary/aromatic N) is 2. The van der Waals surface area contributed by atoms with Crippen molar-refractivity contribution in [1.82, 2.24) is 9.80 Å². The molecule has 1 saturated carbocycles. The van der Waals surface area contributed by atoms with Gasteiger partial charge in [0.25, 0.3) is 0 Å². The molecule has 2 saturated heterocycles. The van der Waals surface area contributed by atoms with Gasteiger partial charge >= 0.3 is 0 Å². The minimum atomic E-state index is -0.102. The number of hydrogen-bond donors (Lipinski definition) is 0. The normalized spacial score (nSPS) is 24.8. The highest BCUT2D eigenvalue weighted by Gasteiger charge is 2.43. The average molecular weight is 359 g/mol.